The van der Waals surface area contributed by atoms with Crippen molar-refractivity contribution >= 4 is 28.4 Å². The zero-order valence-corrected chi connectivity index (χ0v) is 21.0. The number of carbonyl (C=O) groups excluding carboxylic acids is 2. The van der Waals surface area contributed by atoms with Gasteiger partial charge in [0, 0.05) is 11.0 Å². The van der Waals surface area contributed by atoms with Crippen molar-refractivity contribution in [3.05, 3.63) is 38.9 Å². The van der Waals surface area contributed by atoms with Crippen LogP contribution in [0.25, 0.3) is 6.08 Å². The molecule has 0 fully saturated rings. The maximum atomic E-state index is 13.6. The molecule has 10 nitrogen and oxygen atoms in total. The number of carbonyl (C=O) groups is 2. The molecule has 1 heterocycles. The van der Waals surface area contributed by atoms with E-state index in [-0.39, 0.29) is 18.2 Å². The van der Waals surface area contributed by atoms with Gasteiger partial charge in [0.2, 0.25) is 12.9 Å². The summed E-state index contributed by atoms with van der Waals surface area (Å²) in [7, 11) is -10.3. The summed E-state index contributed by atoms with van der Waals surface area (Å²) in [6, 6.07) is -0.163. The molecule has 1 atom stereocenters. The SMILES string of the molecule is CCc1cc(S(F)(F)(F)(F)F)cc2c1O[C@H](C(F)(F)F)C(C(=O)OCOC(=O)OCC(C)(C)CO[N+](=O)[O-])=C2. The summed E-state index contributed by atoms with van der Waals surface area (Å²) < 4.78 is 126. The second-order valence-corrected chi connectivity index (χ2v) is 11.3. The van der Waals surface area contributed by atoms with Gasteiger partial charge in [-0.05, 0) is 30.2 Å². The Labute approximate surface area is 214 Å². The molecule has 1 aliphatic heterocycles. The van der Waals surface area contributed by atoms with Crippen molar-refractivity contribution in [3.8, 4) is 5.75 Å². The van der Waals surface area contributed by atoms with Crippen LogP contribution in [-0.2, 0) is 30.3 Å². The number of esters is 1. The maximum Gasteiger partial charge on any atom is 0.511 e. The van der Waals surface area contributed by atoms with E-state index in [1.807, 2.05) is 0 Å². The van der Waals surface area contributed by atoms with Gasteiger partial charge in [-0.2, -0.15) is 13.2 Å². The quantitative estimate of drug-likeness (QED) is 0.0969. The summed E-state index contributed by atoms with van der Waals surface area (Å²) in [4.78, 5) is 35.9. The van der Waals surface area contributed by atoms with Crippen LogP contribution in [0.3, 0.4) is 0 Å². The zero-order valence-electron chi connectivity index (χ0n) is 20.2. The number of fused-ring (bicyclic) bond motifs is 1. The number of rotatable bonds is 10. The number of hydrogen-bond acceptors (Lipinski definition) is 9. The van der Waals surface area contributed by atoms with Crippen LogP contribution in [0.5, 0.6) is 5.75 Å². The molecule has 1 aliphatic rings. The molecule has 0 saturated carbocycles. The normalized spacial score (nSPS) is 17.4. The maximum absolute atomic E-state index is 13.6. The van der Waals surface area contributed by atoms with E-state index in [1.165, 1.54) is 20.8 Å². The van der Waals surface area contributed by atoms with E-state index >= 15 is 0 Å². The highest BCUT2D eigenvalue weighted by molar-refractivity contribution is 8.45. The first-order valence-corrected chi connectivity index (χ1v) is 12.5. The van der Waals surface area contributed by atoms with Crippen LogP contribution in [0.15, 0.2) is 22.6 Å². The van der Waals surface area contributed by atoms with Crippen molar-refractivity contribution in [2.45, 2.75) is 44.4 Å². The van der Waals surface area contributed by atoms with Crippen molar-refractivity contribution in [2.24, 2.45) is 5.41 Å². The topological polar surface area (TPSA) is 123 Å². The molecule has 0 saturated heterocycles. The lowest BCUT2D eigenvalue weighted by atomic mass is 9.97. The van der Waals surface area contributed by atoms with Crippen LogP contribution in [-0.4, -0.2) is 49.5 Å². The fourth-order valence-corrected chi connectivity index (χ4v) is 3.75. The van der Waals surface area contributed by atoms with Crippen LogP contribution in [0, 0.1) is 15.5 Å². The van der Waals surface area contributed by atoms with Crippen LogP contribution < -0.4 is 4.74 Å². The van der Waals surface area contributed by atoms with E-state index in [1.54, 1.807) is 0 Å². The highest BCUT2D eigenvalue weighted by Crippen LogP contribution is 3.02. The van der Waals surface area contributed by atoms with Gasteiger partial charge in [-0.1, -0.05) is 40.2 Å². The largest absolute Gasteiger partial charge is 0.511 e. The Kier molecular flexibility index (Phi) is 8.05. The monoisotopic (exact) mass is 603 g/mol. The zero-order chi connectivity index (χ0) is 30.1. The molecular weight excluding hydrogens is 582 g/mol. The second kappa shape index (κ2) is 9.91. The third kappa shape index (κ3) is 8.75. The molecule has 2 rings (SSSR count). The summed E-state index contributed by atoms with van der Waals surface area (Å²) in [5, 5.41) is 9.14. The van der Waals surface area contributed by atoms with Gasteiger partial charge >= 0.3 is 28.5 Å². The molecule has 1 aromatic carbocycles. The minimum absolute atomic E-state index is 0.0186. The second-order valence-electron chi connectivity index (χ2n) is 8.86. The Balaban J connectivity index is 2.23. The fraction of sp³-hybridized carbons (Fsp3) is 0.500. The lowest BCUT2D eigenvalue weighted by Crippen LogP contribution is -2.41. The number of alkyl halides is 3. The number of aryl methyl sites for hydroxylation is 1. The first-order chi connectivity index (χ1) is 17.4. The first-order valence-electron chi connectivity index (χ1n) is 10.5. The molecule has 0 aromatic heterocycles. The average molecular weight is 603 g/mol. The van der Waals surface area contributed by atoms with Gasteiger partial charge in [-0.3, -0.25) is 0 Å². The van der Waals surface area contributed by atoms with Gasteiger partial charge in [0.15, 0.2) is 0 Å². The minimum Gasteiger partial charge on any atom is -0.475 e. The Morgan fingerprint density at radius 3 is 2.18 bits per heavy atom. The van der Waals surface area contributed by atoms with Crippen LogP contribution in [0.2, 0.25) is 0 Å². The van der Waals surface area contributed by atoms with E-state index in [4.69, 9.17) is 4.74 Å². The molecule has 222 valence electrons. The number of nitrogens with zero attached hydrogens (tertiary/aromatic N) is 1. The average Bonchev–Trinajstić information content (AvgIpc) is 2.77. The summed E-state index contributed by atoms with van der Waals surface area (Å²) >= 11 is 0. The molecule has 0 spiro atoms. The van der Waals surface area contributed by atoms with Gasteiger partial charge in [0.1, 0.15) is 23.9 Å². The Morgan fingerprint density at radius 1 is 1.05 bits per heavy atom. The summed E-state index contributed by atoms with van der Waals surface area (Å²) in [5.41, 5.74) is -3.99. The molecule has 39 heavy (non-hydrogen) atoms. The van der Waals surface area contributed by atoms with Gasteiger partial charge in [-0.25, -0.2) is 9.59 Å². The predicted molar refractivity (Wildman–Crippen MR) is 116 cm³/mol. The molecule has 0 radical (unpaired) electrons. The van der Waals surface area contributed by atoms with Gasteiger partial charge in [0.05, 0.1) is 5.57 Å². The number of ether oxygens (including phenoxy) is 4. The Bertz CT molecular complexity index is 1180. The predicted octanol–water partition coefficient (Wildman–Crippen LogP) is 6.50. The van der Waals surface area contributed by atoms with Crippen molar-refractivity contribution in [2.75, 3.05) is 20.0 Å². The minimum atomic E-state index is -10.3. The molecule has 1 aromatic rings. The van der Waals surface area contributed by atoms with Crippen LogP contribution in [0.4, 0.5) is 37.4 Å². The van der Waals surface area contributed by atoms with Crippen LogP contribution in [0.1, 0.15) is 31.9 Å². The van der Waals surface area contributed by atoms with Crippen molar-refractivity contribution < 1.29 is 71.1 Å². The van der Waals surface area contributed by atoms with E-state index < -0.39 is 98.9 Å². The smallest absolute Gasteiger partial charge is 0.475 e. The van der Waals surface area contributed by atoms with Gasteiger partial charge < -0.3 is 23.8 Å². The summed E-state index contributed by atoms with van der Waals surface area (Å²) in [5.74, 6) is -2.64. The third-order valence-electron chi connectivity index (χ3n) is 4.86. The molecule has 0 amide bonds. The molecule has 0 aliphatic carbocycles. The van der Waals surface area contributed by atoms with Gasteiger partial charge in [-0.15, -0.1) is 10.1 Å². The Hall–Kier alpha value is -3.51. The van der Waals surface area contributed by atoms with Crippen molar-refractivity contribution in [1.82, 2.24) is 0 Å². The number of benzene rings is 1. The van der Waals surface area contributed by atoms with E-state index in [9.17, 15) is 52.3 Å². The van der Waals surface area contributed by atoms with Crippen molar-refractivity contribution in [1.29, 1.82) is 0 Å². The molecule has 19 heteroatoms. The number of halogens is 8. The molecule has 0 N–H and O–H groups in total. The highest BCUT2D eigenvalue weighted by Gasteiger charge is 2.66. The summed E-state index contributed by atoms with van der Waals surface area (Å²) in [6.07, 6.45) is -10.0. The van der Waals surface area contributed by atoms with Gasteiger partial charge in [0.25, 0.3) is 5.09 Å². The lowest BCUT2D eigenvalue weighted by molar-refractivity contribution is -0.760. The van der Waals surface area contributed by atoms with E-state index in [0.29, 0.717) is 0 Å². The molecule has 0 unspecified atom stereocenters. The highest BCUT2D eigenvalue weighted by atomic mass is 32.5. The summed E-state index contributed by atoms with van der Waals surface area (Å²) in [6.45, 7) is 1.69. The fourth-order valence-electron chi connectivity index (χ4n) is 3.03. The molecule has 0 bridgehead atoms. The molecular formula is C20H21F8NO9S. The Morgan fingerprint density at radius 2 is 1.67 bits per heavy atom. The van der Waals surface area contributed by atoms with E-state index in [2.05, 4.69) is 19.0 Å². The van der Waals surface area contributed by atoms with Crippen molar-refractivity contribution in [3.63, 3.8) is 0 Å². The lowest BCUT2D eigenvalue weighted by Gasteiger charge is -2.41. The standard InChI is InChI=1S/C20H21F8NO9S/c1-4-11-5-13(39(24,25,26,27)28)6-12-7-14(16(20(21,22)23)38-15(11)12)17(30)35-10-36-18(31)34-8-19(2,3)9-37-29(32)33/h5-7,16H,4,8-10H2,1-3H3/t16-/m0/s1. The van der Waals surface area contributed by atoms with E-state index in [0.717, 1.165) is 0 Å². The third-order valence-corrected chi connectivity index (χ3v) is 5.99. The van der Waals surface area contributed by atoms with Crippen LogP contribution >= 0.6 is 10.2 Å². The first kappa shape index (κ1) is 31.7. The number of hydrogen-bond donors (Lipinski definition) is 0.